The monoisotopic (exact) mass is 532 g/mol. The number of carbonyl (C=O) groups excluding carboxylic acids is 1. The summed E-state index contributed by atoms with van der Waals surface area (Å²) in [4.78, 5) is 16.7. The molecule has 1 saturated heterocycles. The third-order valence-corrected chi connectivity index (χ3v) is 9.04. The maximum atomic E-state index is 13.1. The minimum Gasteiger partial charge on any atom is -0.326 e. The highest BCUT2D eigenvalue weighted by Gasteiger charge is 2.31. The van der Waals surface area contributed by atoms with Crippen LogP contribution in [-0.4, -0.2) is 45.1 Å². The van der Waals surface area contributed by atoms with Crippen LogP contribution in [0.5, 0.6) is 0 Å². The summed E-state index contributed by atoms with van der Waals surface area (Å²) in [5.41, 5.74) is 0.931. The number of hydrogen-bond donors (Lipinski definition) is 2. The van der Waals surface area contributed by atoms with Crippen molar-refractivity contribution < 1.29 is 26.0 Å². The molecule has 0 saturated carbocycles. The van der Waals surface area contributed by atoms with Crippen LogP contribution in [0.1, 0.15) is 18.4 Å². The Hall–Kier alpha value is -3.35. The van der Waals surface area contributed by atoms with E-state index in [0.29, 0.717) is 24.1 Å². The maximum Gasteiger partial charge on any atom is 0.263 e. The van der Waals surface area contributed by atoms with E-state index >= 15 is 0 Å². The third kappa shape index (κ3) is 6.45. The molecule has 9 nitrogen and oxygen atoms in total. The van der Waals surface area contributed by atoms with E-state index in [1.807, 2.05) is 0 Å². The van der Waals surface area contributed by atoms with Crippen LogP contribution in [0.15, 0.2) is 77.8 Å². The number of nitrogens with zero attached hydrogens (tertiary/aromatic N) is 2. The first kappa shape index (κ1) is 25.7. The van der Waals surface area contributed by atoms with Crippen LogP contribution >= 0.6 is 0 Å². The molecule has 2 heterocycles. The molecule has 0 spiro atoms. The van der Waals surface area contributed by atoms with Gasteiger partial charge in [0.05, 0.1) is 10.6 Å². The summed E-state index contributed by atoms with van der Waals surface area (Å²) in [6, 6.07) is 15.9. The number of amides is 1. The number of rotatable bonds is 8. The van der Waals surface area contributed by atoms with Crippen molar-refractivity contribution in [3.05, 3.63) is 84.3 Å². The average molecular weight is 533 g/mol. The Labute approximate surface area is 209 Å². The molecule has 0 atom stereocenters. The number of carbonyl (C=O) groups is 1. The zero-order valence-electron chi connectivity index (χ0n) is 19.2. The highest BCUT2D eigenvalue weighted by Crippen LogP contribution is 2.24. The van der Waals surface area contributed by atoms with E-state index in [-0.39, 0.29) is 41.4 Å². The summed E-state index contributed by atoms with van der Waals surface area (Å²) in [6.07, 6.45) is 2.19. The summed E-state index contributed by atoms with van der Waals surface area (Å²) in [6.45, 7) is 0.413. The Bertz CT molecular complexity index is 1410. The van der Waals surface area contributed by atoms with Gasteiger partial charge < -0.3 is 5.32 Å². The summed E-state index contributed by atoms with van der Waals surface area (Å²) >= 11 is 0. The molecular weight excluding hydrogens is 507 g/mol. The lowest BCUT2D eigenvalue weighted by Gasteiger charge is -2.30. The van der Waals surface area contributed by atoms with Crippen LogP contribution in [-0.2, 0) is 30.6 Å². The molecule has 1 aliphatic heterocycles. The first-order chi connectivity index (χ1) is 17.1. The molecule has 1 aromatic heterocycles. The van der Waals surface area contributed by atoms with Crippen LogP contribution < -0.4 is 10.0 Å². The lowest BCUT2D eigenvalue weighted by molar-refractivity contribution is -0.120. The van der Waals surface area contributed by atoms with Gasteiger partial charge in [-0.05, 0) is 66.9 Å². The van der Waals surface area contributed by atoms with E-state index < -0.39 is 25.9 Å². The molecule has 3 aromatic rings. The zero-order chi connectivity index (χ0) is 25.8. The Morgan fingerprint density at radius 3 is 2.22 bits per heavy atom. The molecule has 0 bridgehead atoms. The number of benzene rings is 2. The van der Waals surface area contributed by atoms with Crippen LogP contribution in [0, 0.1) is 11.7 Å². The van der Waals surface area contributed by atoms with E-state index in [1.165, 1.54) is 65.1 Å². The summed E-state index contributed by atoms with van der Waals surface area (Å²) in [5.74, 6) is -1.10. The van der Waals surface area contributed by atoms with Gasteiger partial charge in [-0.2, -0.15) is 0 Å². The van der Waals surface area contributed by atoms with Gasteiger partial charge in [0.2, 0.25) is 15.9 Å². The second-order valence-corrected chi connectivity index (χ2v) is 12.0. The molecule has 36 heavy (non-hydrogen) atoms. The standard InChI is InChI=1S/C24H25FN4O5S2/c25-20-6-4-18(5-7-20)17-35(31,32)29-15-12-19(13-16-29)24(30)27-21-8-10-22(11-9-21)36(33,34)28-23-3-1-2-14-26-23/h1-11,14,19H,12-13,15-17H2,(H,26,28)(H,27,30). The summed E-state index contributed by atoms with van der Waals surface area (Å²) in [7, 11) is -7.42. The zero-order valence-corrected chi connectivity index (χ0v) is 20.8. The third-order valence-electron chi connectivity index (χ3n) is 5.82. The second kappa shape index (κ2) is 10.7. The van der Waals surface area contributed by atoms with Crippen molar-refractivity contribution in [2.24, 2.45) is 5.92 Å². The largest absolute Gasteiger partial charge is 0.326 e. The lowest BCUT2D eigenvalue weighted by Crippen LogP contribution is -2.41. The fourth-order valence-electron chi connectivity index (χ4n) is 3.86. The molecule has 2 aromatic carbocycles. The van der Waals surface area contributed by atoms with E-state index in [4.69, 9.17) is 0 Å². The fraction of sp³-hybridized carbons (Fsp3) is 0.250. The predicted molar refractivity (Wildman–Crippen MR) is 133 cm³/mol. The van der Waals surface area contributed by atoms with Crippen molar-refractivity contribution in [2.75, 3.05) is 23.1 Å². The molecule has 0 aliphatic carbocycles. The number of piperidine rings is 1. The van der Waals surface area contributed by atoms with Crippen molar-refractivity contribution in [1.82, 2.24) is 9.29 Å². The van der Waals surface area contributed by atoms with Crippen molar-refractivity contribution in [1.29, 1.82) is 0 Å². The first-order valence-electron chi connectivity index (χ1n) is 11.2. The van der Waals surface area contributed by atoms with Gasteiger partial charge in [-0.15, -0.1) is 0 Å². The van der Waals surface area contributed by atoms with Crippen LogP contribution in [0.25, 0.3) is 0 Å². The SMILES string of the molecule is O=C(Nc1ccc(S(=O)(=O)Nc2ccccn2)cc1)C1CCN(S(=O)(=O)Cc2ccc(F)cc2)CC1. The van der Waals surface area contributed by atoms with Crippen molar-refractivity contribution in [2.45, 2.75) is 23.5 Å². The predicted octanol–water partition coefficient (Wildman–Crippen LogP) is 3.20. The van der Waals surface area contributed by atoms with Gasteiger partial charge in [0.25, 0.3) is 10.0 Å². The highest BCUT2D eigenvalue weighted by atomic mass is 32.2. The van der Waals surface area contributed by atoms with Crippen LogP contribution in [0.3, 0.4) is 0 Å². The number of hydrogen-bond acceptors (Lipinski definition) is 6. The number of aromatic nitrogens is 1. The van der Waals surface area contributed by atoms with Crippen molar-refractivity contribution >= 4 is 37.5 Å². The molecule has 2 N–H and O–H groups in total. The van der Waals surface area contributed by atoms with E-state index in [1.54, 1.807) is 12.1 Å². The molecule has 1 aliphatic rings. The van der Waals surface area contributed by atoms with Gasteiger partial charge >= 0.3 is 0 Å². The molecule has 4 rings (SSSR count). The Balaban J connectivity index is 1.31. The highest BCUT2D eigenvalue weighted by molar-refractivity contribution is 7.92. The minimum absolute atomic E-state index is 0.0193. The van der Waals surface area contributed by atoms with Crippen LogP contribution in [0.2, 0.25) is 0 Å². The average Bonchev–Trinajstić information content (AvgIpc) is 2.86. The van der Waals surface area contributed by atoms with Gasteiger partial charge in [-0.1, -0.05) is 18.2 Å². The van der Waals surface area contributed by atoms with Gasteiger partial charge in [0.15, 0.2) is 0 Å². The lowest BCUT2D eigenvalue weighted by atomic mass is 9.97. The van der Waals surface area contributed by atoms with Gasteiger partial charge in [0, 0.05) is 30.9 Å². The summed E-state index contributed by atoms with van der Waals surface area (Å²) < 4.78 is 67.3. The van der Waals surface area contributed by atoms with E-state index in [0.717, 1.165) is 0 Å². The number of pyridine rings is 1. The Kier molecular flexibility index (Phi) is 7.67. The first-order valence-corrected chi connectivity index (χ1v) is 14.3. The van der Waals surface area contributed by atoms with Gasteiger partial charge in [-0.3, -0.25) is 9.52 Å². The van der Waals surface area contributed by atoms with Crippen molar-refractivity contribution in [3.63, 3.8) is 0 Å². The van der Waals surface area contributed by atoms with Gasteiger partial charge in [-0.25, -0.2) is 30.5 Å². The number of nitrogens with one attached hydrogen (secondary N) is 2. The maximum absolute atomic E-state index is 13.1. The molecule has 1 amide bonds. The molecule has 12 heteroatoms. The number of anilines is 2. The summed E-state index contributed by atoms with van der Waals surface area (Å²) in [5, 5.41) is 2.77. The smallest absolute Gasteiger partial charge is 0.263 e. The number of sulfonamides is 2. The Morgan fingerprint density at radius 1 is 0.944 bits per heavy atom. The van der Waals surface area contributed by atoms with E-state index in [2.05, 4.69) is 15.0 Å². The minimum atomic E-state index is -3.83. The molecule has 1 fully saturated rings. The quantitative estimate of drug-likeness (QED) is 0.459. The number of halogens is 1. The fourth-order valence-corrected chi connectivity index (χ4v) is 6.43. The Morgan fingerprint density at radius 2 is 1.61 bits per heavy atom. The molecular formula is C24H25FN4O5S2. The molecule has 190 valence electrons. The van der Waals surface area contributed by atoms with Crippen molar-refractivity contribution in [3.8, 4) is 0 Å². The van der Waals surface area contributed by atoms with E-state index in [9.17, 15) is 26.0 Å². The van der Waals surface area contributed by atoms with Gasteiger partial charge in [0.1, 0.15) is 11.6 Å². The normalized spacial score (nSPS) is 15.4. The second-order valence-electron chi connectivity index (χ2n) is 8.39. The molecule has 0 unspecified atom stereocenters. The van der Waals surface area contributed by atoms with Crippen LogP contribution in [0.4, 0.5) is 15.9 Å². The topological polar surface area (TPSA) is 126 Å². The molecule has 0 radical (unpaired) electrons.